The van der Waals surface area contributed by atoms with Crippen LogP contribution in [0.1, 0.15) is 16.2 Å². The van der Waals surface area contributed by atoms with Gasteiger partial charge >= 0.3 is 0 Å². The highest BCUT2D eigenvalue weighted by molar-refractivity contribution is 14.1. The van der Waals surface area contributed by atoms with Crippen LogP contribution in [0, 0.1) is 10.5 Å². The van der Waals surface area contributed by atoms with Crippen molar-refractivity contribution >= 4 is 28.9 Å². The maximum atomic E-state index is 10.6. The normalized spacial score (nSPS) is 10.3. The Morgan fingerprint density at radius 2 is 2.20 bits per heavy atom. The van der Waals surface area contributed by atoms with Crippen molar-refractivity contribution in [1.29, 1.82) is 0 Å². The van der Waals surface area contributed by atoms with E-state index in [9.17, 15) is 4.79 Å². The highest BCUT2D eigenvalue weighted by Gasteiger charge is 2.05. The van der Waals surface area contributed by atoms with Crippen molar-refractivity contribution in [2.24, 2.45) is 0 Å². The number of aromatic nitrogens is 2. The summed E-state index contributed by atoms with van der Waals surface area (Å²) in [4.78, 5) is 10.6. The molecule has 0 unspecified atom stereocenters. The van der Waals surface area contributed by atoms with Crippen LogP contribution < -0.4 is 0 Å². The first-order valence-corrected chi connectivity index (χ1v) is 5.56. The standard InChI is InChI=1S/C11H9IN2O/c1-8-5-10(7-15)13-14(8)11-4-2-3-9(12)6-11/h2-7H,1H3. The smallest absolute Gasteiger partial charge is 0.170 e. The second-order valence-corrected chi connectivity index (χ2v) is 4.47. The number of nitrogens with zero attached hydrogens (tertiary/aromatic N) is 2. The van der Waals surface area contributed by atoms with Gasteiger partial charge in [0.1, 0.15) is 5.69 Å². The van der Waals surface area contributed by atoms with Crippen LogP contribution in [-0.2, 0) is 0 Å². The highest BCUT2D eigenvalue weighted by atomic mass is 127. The Morgan fingerprint density at radius 1 is 1.40 bits per heavy atom. The van der Waals surface area contributed by atoms with Gasteiger partial charge in [0.05, 0.1) is 5.69 Å². The zero-order valence-electron chi connectivity index (χ0n) is 8.14. The van der Waals surface area contributed by atoms with E-state index >= 15 is 0 Å². The largest absolute Gasteiger partial charge is 0.296 e. The minimum atomic E-state index is 0.464. The van der Waals surface area contributed by atoms with Crippen LogP contribution in [0.2, 0.25) is 0 Å². The van der Waals surface area contributed by atoms with E-state index in [0.29, 0.717) is 5.69 Å². The first kappa shape index (κ1) is 10.4. The number of rotatable bonds is 2. The average molecular weight is 312 g/mol. The van der Waals surface area contributed by atoms with Crippen LogP contribution >= 0.6 is 22.6 Å². The third kappa shape index (κ3) is 2.09. The number of aryl methyl sites for hydroxylation is 1. The molecule has 76 valence electrons. The summed E-state index contributed by atoms with van der Waals surface area (Å²) in [5.74, 6) is 0. The minimum absolute atomic E-state index is 0.464. The summed E-state index contributed by atoms with van der Waals surface area (Å²) in [5.41, 5.74) is 2.40. The van der Waals surface area contributed by atoms with Gasteiger partial charge in [-0.05, 0) is 53.8 Å². The molecule has 0 atom stereocenters. The summed E-state index contributed by atoms with van der Waals surface area (Å²) in [7, 11) is 0. The van der Waals surface area contributed by atoms with Crippen LogP contribution in [0.3, 0.4) is 0 Å². The van der Waals surface area contributed by atoms with Gasteiger partial charge in [-0.2, -0.15) is 5.10 Å². The quantitative estimate of drug-likeness (QED) is 0.631. The lowest BCUT2D eigenvalue weighted by atomic mass is 10.3. The van der Waals surface area contributed by atoms with E-state index in [1.807, 2.05) is 31.2 Å². The zero-order valence-corrected chi connectivity index (χ0v) is 10.3. The number of hydrogen-bond donors (Lipinski definition) is 0. The fraction of sp³-hybridized carbons (Fsp3) is 0.0909. The molecule has 0 saturated heterocycles. The van der Waals surface area contributed by atoms with Crippen molar-refractivity contribution in [1.82, 2.24) is 9.78 Å². The Labute approximate surface area is 101 Å². The Bertz CT molecular complexity index is 505. The summed E-state index contributed by atoms with van der Waals surface area (Å²) in [6.45, 7) is 1.93. The van der Waals surface area contributed by atoms with E-state index in [0.717, 1.165) is 21.2 Å². The van der Waals surface area contributed by atoms with Gasteiger partial charge in [0.25, 0.3) is 0 Å². The first-order chi connectivity index (χ1) is 7.20. The lowest BCUT2D eigenvalue weighted by molar-refractivity contribution is 0.111. The molecule has 1 aromatic carbocycles. The van der Waals surface area contributed by atoms with Crippen molar-refractivity contribution < 1.29 is 4.79 Å². The molecule has 0 aliphatic heterocycles. The molecule has 0 amide bonds. The summed E-state index contributed by atoms with van der Waals surface area (Å²) < 4.78 is 2.92. The average Bonchev–Trinajstić information content (AvgIpc) is 2.60. The van der Waals surface area contributed by atoms with Crippen molar-refractivity contribution in [2.75, 3.05) is 0 Å². The van der Waals surface area contributed by atoms with Crippen molar-refractivity contribution in [2.45, 2.75) is 6.92 Å². The third-order valence-corrected chi connectivity index (χ3v) is 2.75. The molecular formula is C11H9IN2O. The summed E-state index contributed by atoms with van der Waals surface area (Å²) >= 11 is 2.25. The Kier molecular flexibility index (Phi) is 2.86. The summed E-state index contributed by atoms with van der Waals surface area (Å²) in [6.07, 6.45) is 0.761. The number of benzene rings is 1. The van der Waals surface area contributed by atoms with Gasteiger partial charge in [-0.15, -0.1) is 0 Å². The third-order valence-electron chi connectivity index (χ3n) is 2.08. The van der Waals surface area contributed by atoms with Crippen LogP contribution in [0.25, 0.3) is 5.69 Å². The number of aldehydes is 1. The fourth-order valence-electron chi connectivity index (χ4n) is 1.43. The molecule has 1 aromatic heterocycles. The molecular weight excluding hydrogens is 303 g/mol. The van der Waals surface area contributed by atoms with Gasteiger partial charge in [-0.3, -0.25) is 4.79 Å². The molecule has 0 N–H and O–H groups in total. The van der Waals surface area contributed by atoms with Gasteiger partial charge < -0.3 is 0 Å². The maximum absolute atomic E-state index is 10.6. The number of carbonyl (C=O) groups excluding carboxylic acids is 1. The highest BCUT2D eigenvalue weighted by Crippen LogP contribution is 2.14. The van der Waals surface area contributed by atoms with E-state index in [1.165, 1.54) is 0 Å². The molecule has 4 heteroatoms. The molecule has 0 fully saturated rings. The van der Waals surface area contributed by atoms with E-state index in [4.69, 9.17) is 0 Å². The predicted molar refractivity (Wildman–Crippen MR) is 66.4 cm³/mol. The molecule has 0 aliphatic carbocycles. The van der Waals surface area contributed by atoms with E-state index in [1.54, 1.807) is 10.7 Å². The molecule has 0 saturated carbocycles. The van der Waals surface area contributed by atoms with Gasteiger partial charge in [-0.25, -0.2) is 4.68 Å². The van der Waals surface area contributed by atoms with Crippen molar-refractivity contribution in [3.63, 3.8) is 0 Å². The zero-order chi connectivity index (χ0) is 10.8. The van der Waals surface area contributed by atoms with Gasteiger partial charge in [0, 0.05) is 9.26 Å². The molecule has 0 bridgehead atoms. The Hall–Kier alpha value is -1.17. The monoisotopic (exact) mass is 312 g/mol. The lowest BCUT2D eigenvalue weighted by Gasteiger charge is -2.03. The number of carbonyl (C=O) groups is 1. The minimum Gasteiger partial charge on any atom is -0.296 e. The maximum Gasteiger partial charge on any atom is 0.170 e. The summed E-state index contributed by atoms with van der Waals surface area (Å²) in [6, 6.07) is 9.75. The van der Waals surface area contributed by atoms with Crippen molar-refractivity contribution in [3.8, 4) is 5.69 Å². The van der Waals surface area contributed by atoms with E-state index in [-0.39, 0.29) is 0 Å². The SMILES string of the molecule is Cc1cc(C=O)nn1-c1cccc(I)c1. The number of hydrogen-bond acceptors (Lipinski definition) is 2. The second-order valence-electron chi connectivity index (χ2n) is 3.22. The Morgan fingerprint density at radius 3 is 2.80 bits per heavy atom. The molecule has 2 rings (SSSR count). The molecule has 2 aromatic rings. The predicted octanol–water partition coefficient (Wildman–Crippen LogP) is 2.60. The van der Waals surface area contributed by atoms with Crippen LogP contribution in [0.15, 0.2) is 30.3 Å². The topological polar surface area (TPSA) is 34.9 Å². The molecule has 0 radical (unpaired) electrons. The molecule has 3 nitrogen and oxygen atoms in total. The van der Waals surface area contributed by atoms with Crippen LogP contribution in [0.4, 0.5) is 0 Å². The van der Waals surface area contributed by atoms with E-state index in [2.05, 4.69) is 27.7 Å². The van der Waals surface area contributed by atoms with E-state index < -0.39 is 0 Å². The fourth-order valence-corrected chi connectivity index (χ4v) is 1.95. The number of halogens is 1. The molecule has 1 heterocycles. The van der Waals surface area contributed by atoms with Crippen LogP contribution in [0.5, 0.6) is 0 Å². The van der Waals surface area contributed by atoms with Gasteiger partial charge in [0.2, 0.25) is 0 Å². The van der Waals surface area contributed by atoms with Gasteiger partial charge in [0.15, 0.2) is 6.29 Å². The molecule has 0 aliphatic rings. The second kappa shape index (κ2) is 4.14. The first-order valence-electron chi connectivity index (χ1n) is 4.48. The van der Waals surface area contributed by atoms with Crippen LogP contribution in [-0.4, -0.2) is 16.1 Å². The Balaban J connectivity index is 2.53. The van der Waals surface area contributed by atoms with Gasteiger partial charge in [-0.1, -0.05) is 6.07 Å². The summed E-state index contributed by atoms with van der Waals surface area (Å²) in [5, 5.41) is 4.18. The lowest BCUT2D eigenvalue weighted by Crippen LogP contribution is -1.99. The molecule has 15 heavy (non-hydrogen) atoms. The molecule has 0 spiro atoms. The van der Waals surface area contributed by atoms with Crippen molar-refractivity contribution in [3.05, 3.63) is 45.3 Å².